The van der Waals surface area contributed by atoms with Crippen LogP contribution < -0.4 is 0 Å². The summed E-state index contributed by atoms with van der Waals surface area (Å²) in [6.07, 6.45) is 41.1. The second-order valence-electron chi connectivity index (χ2n) is 11.6. The first kappa shape index (κ1) is 32.9. The quantitative estimate of drug-likeness (QED) is 0.0705. The maximum Gasteiger partial charge on any atom is 0.104 e. The molecule has 1 aliphatic heterocycles. The molecule has 1 fully saturated rings. The molecule has 210 valence electrons. The second kappa shape index (κ2) is 28.5. The maximum absolute atomic E-state index is 5.59. The average Bonchev–Trinajstić information content (AvgIpc) is 3.70. The van der Waals surface area contributed by atoms with Crippen LogP contribution in [0.2, 0.25) is 0 Å². The molecule has 2 nitrogen and oxygen atoms in total. The molecule has 0 amide bonds. The largest absolute Gasteiger partial charge is 0.379 e. The summed E-state index contributed by atoms with van der Waals surface area (Å²) in [6, 6.07) is 0. The van der Waals surface area contributed by atoms with Gasteiger partial charge < -0.3 is 9.47 Å². The zero-order chi connectivity index (χ0) is 24.9. The normalized spacial score (nSPS) is 15.2. The van der Waals surface area contributed by atoms with Crippen molar-refractivity contribution in [1.29, 1.82) is 0 Å². The van der Waals surface area contributed by atoms with E-state index in [0.29, 0.717) is 6.10 Å². The minimum Gasteiger partial charge on any atom is -0.379 e. The molecule has 1 rings (SSSR count). The Kier molecular flexibility index (Phi) is 26.8. The van der Waals surface area contributed by atoms with Gasteiger partial charge in [0.2, 0.25) is 0 Å². The molecule has 0 aromatic rings. The highest BCUT2D eigenvalue weighted by atomic mass is 16.6. The summed E-state index contributed by atoms with van der Waals surface area (Å²) < 4.78 is 10.7. The van der Waals surface area contributed by atoms with Crippen molar-refractivity contribution in [3.8, 4) is 0 Å². The maximum atomic E-state index is 5.59. The highest BCUT2D eigenvalue weighted by Gasteiger charge is 2.21. The van der Waals surface area contributed by atoms with E-state index in [2.05, 4.69) is 6.92 Å². The molecule has 1 unspecified atom stereocenters. The number of hydrogen-bond acceptors (Lipinski definition) is 2. The van der Waals surface area contributed by atoms with Gasteiger partial charge in [-0.2, -0.15) is 0 Å². The SMILES string of the molecule is CCCCCCCCCCCCCCCCCCCCCCCCCCCCCCOCC1CO1. The summed E-state index contributed by atoms with van der Waals surface area (Å²) in [6.45, 7) is 4.97. The van der Waals surface area contributed by atoms with E-state index in [1.165, 1.54) is 180 Å². The molecular formula is C33H66O2. The number of rotatable bonds is 31. The molecular weight excluding hydrogens is 428 g/mol. The monoisotopic (exact) mass is 495 g/mol. The fourth-order valence-corrected chi connectivity index (χ4v) is 5.25. The van der Waals surface area contributed by atoms with Gasteiger partial charge in [-0.05, 0) is 6.42 Å². The molecule has 0 radical (unpaired) electrons. The van der Waals surface area contributed by atoms with Gasteiger partial charge >= 0.3 is 0 Å². The molecule has 1 aliphatic rings. The predicted octanol–water partition coefficient (Wildman–Crippen LogP) is 11.3. The number of epoxide rings is 1. The zero-order valence-electron chi connectivity index (χ0n) is 24.3. The van der Waals surface area contributed by atoms with E-state index in [0.717, 1.165) is 19.8 Å². The molecule has 0 N–H and O–H groups in total. The van der Waals surface area contributed by atoms with Crippen LogP contribution in [0.5, 0.6) is 0 Å². The lowest BCUT2D eigenvalue weighted by molar-refractivity contribution is 0.113. The van der Waals surface area contributed by atoms with E-state index in [4.69, 9.17) is 9.47 Å². The van der Waals surface area contributed by atoms with Gasteiger partial charge in [0.1, 0.15) is 6.10 Å². The van der Waals surface area contributed by atoms with Crippen molar-refractivity contribution in [3.05, 3.63) is 0 Å². The van der Waals surface area contributed by atoms with Crippen LogP contribution in [0.1, 0.15) is 187 Å². The third kappa shape index (κ3) is 28.3. The molecule has 1 saturated heterocycles. The van der Waals surface area contributed by atoms with Crippen LogP contribution in [-0.2, 0) is 9.47 Å². The lowest BCUT2D eigenvalue weighted by Crippen LogP contribution is -2.02. The Balaban J connectivity index is 1.58. The molecule has 0 bridgehead atoms. The number of ether oxygens (including phenoxy) is 2. The first-order valence-electron chi connectivity index (χ1n) is 16.6. The molecule has 0 saturated carbocycles. The van der Waals surface area contributed by atoms with Gasteiger partial charge in [0.05, 0.1) is 13.2 Å². The van der Waals surface area contributed by atoms with Crippen molar-refractivity contribution in [1.82, 2.24) is 0 Å². The van der Waals surface area contributed by atoms with Crippen molar-refractivity contribution in [2.45, 2.75) is 193 Å². The van der Waals surface area contributed by atoms with Crippen LogP contribution in [0.15, 0.2) is 0 Å². The fraction of sp³-hybridized carbons (Fsp3) is 1.00. The lowest BCUT2D eigenvalue weighted by atomic mass is 10.0. The van der Waals surface area contributed by atoms with Crippen LogP contribution in [0.3, 0.4) is 0 Å². The summed E-state index contributed by atoms with van der Waals surface area (Å²) in [5.41, 5.74) is 0. The molecule has 0 aromatic heterocycles. The predicted molar refractivity (Wildman–Crippen MR) is 156 cm³/mol. The van der Waals surface area contributed by atoms with Crippen molar-refractivity contribution < 1.29 is 9.47 Å². The van der Waals surface area contributed by atoms with Gasteiger partial charge in [-0.1, -0.05) is 180 Å². The Bertz CT molecular complexity index is 379. The Labute approximate surface area is 222 Å². The Morgan fingerprint density at radius 3 is 0.943 bits per heavy atom. The number of hydrogen-bond donors (Lipinski definition) is 0. The molecule has 0 aromatic carbocycles. The average molecular weight is 495 g/mol. The topological polar surface area (TPSA) is 21.8 Å². The minimum absolute atomic E-state index is 0.425. The van der Waals surface area contributed by atoms with Crippen molar-refractivity contribution >= 4 is 0 Å². The van der Waals surface area contributed by atoms with Crippen molar-refractivity contribution in [2.75, 3.05) is 19.8 Å². The van der Waals surface area contributed by atoms with Crippen LogP contribution >= 0.6 is 0 Å². The molecule has 1 heterocycles. The van der Waals surface area contributed by atoms with Crippen LogP contribution in [0.25, 0.3) is 0 Å². The summed E-state index contributed by atoms with van der Waals surface area (Å²) in [5.74, 6) is 0. The second-order valence-corrected chi connectivity index (χ2v) is 11.6. The van der Waals surface area contributed by atoms with E-state index in [1.807, 2.05) is 0 Å². The Morgan fingerprint density at radius 1 is 0.429 bits per heavy atom. The van der Waals surface area contributed by atoms with E-state index >= 15 is 0 Å². The van der Waals surface area contributed by atoms with Gasteiger partial charge in [0, 0.05) is 6.61 Å². The van der Waals surface area contributed by atoms with Crippen LogP contribution in [0, 0.1) is 0 Å². The summed E-state index contributed by atoms with van der Waals surface area (Å²) in [5, 5.41) is 0. The molecule has 0 aliphatic carbocycles. The van der Waals surface area contributed by atoms with Crippen LogP contribution in [-0.4, -0.2) is 25.9 Å². The minimum atomic E-state index is 0.425. The Morgan fingerprint density at radius 2 is 0.686 bits per heavy atom. The van der Waals surface area contributed by atoms with E-state index in [9.17, 15) is 0 Å². The molecule has 35 heavy (non-hydrogen) atoms. The standard InChI is InChI=1S/C33H66O2/c1-2-3-4-5-6-7-8-9-10-11-12-13-14-15-16-17-18-19-20-21-22-23-24-25-26-27-28-29-30-34-31-33-32-35-33/h33H,2-32H2,1H3. The molecule has 1 atom stereocenters. The fourth-order valence-electron chi connectivity index (χ4n) is 5.25. The summed E-state index contributed by atoms with van der Waals surface area (Å²) >= 11 is 0. The van der Waals surface area contributed by atoms with Gasteiger partial charge in [-0.15, -0.1) is 0 Å². The molecule has 2 heteroatoms. The molecule has 0 spiro atoms. The van der Waals surface area contributed by atoms with Gasteiger partial charge in [-0.25, -0.2) is 0 Å². The summed E-state index contributed by atoms with van der Waals surface area (Å²) in [4.78, 5) is 0. The van der Waals surface area contributed by atoms with Gasteiger partial charge in [-0.3, -0.25) is 0 Å². The number of unbranched alkanes of at least 4 members (excludes halogenated alkanes) is 27. The summed E-state index contributed by atoms with van der Waals surface area (Å²) in [7, 11) is 0. The Hall–Kier alpha value is -0.0800. The smallest absolute Gasteiger partial charge is 0.104 e. The highest BCUT2D eigenvalue weighted by Crippen LogP contribution is 2.16. The first-order valence-corrected chi connectivity index (χ1v) is 16.6. The lowest BCUT2D eigenvalue weighted by Gasteiger charge is -2.05. The zero-order valence-corrected chi connectivity index (χ0v) is 24.3. The van der Waals surface area contributed by atoms with Crippen molar-refractivity contribution in [2.24, 2.45) is 0 Å². The third-order valence-electron chi connectivity index (χ3n) is 7.85. The van der Waals surface area contributed by atoms with Gasteiger partial charge in [0.15, 0.2) is 0 Å². The van der Waals surface area contributed by atoms with E-state index in [-0.39, 0.29) is 0 Å². The van der Waals surface area contributed by atoms with E-state index in [1.54, 1.807) is 0 Å². The van der Waals surface area contributed by atoms with Crippen LogP contribution in [0.4, 0.5) is 0 Å². The first-order chi connectivity index (χ1) is 17.4. The van der Waals surface area contributed by atoms with Crippen molar-refractivity contribution in [3.63, 3.8) is 0 Å². The van der Waals surface area contributed by atoms with Gasteiger partial charge in [0.25, 0.3) is 0 Å². The van der Waals surface area contributed by atoms with E-state index < -0.39 is 0 Å². The highest BCUT2D eigenvalue weighted by molar-refractivity contribution is 4.67. The third-order valence-corrected chi connectivity index (χ3v) is 7.85.